The van der Waals surface area contributed by atoms with Crippen LogP contribution in [0.1, 0.15) is 252 Å². The first kappa shape index (κ1) is 58.1. The van der Waals surface area contributed by atoms with Crippen molar-refractivity contribution >= 4 is 17.9 Å². The van der Waals surface area contributed by atoms with E-state index in [1.165, 1.54) is 148 Å². The van der Waals surface area contributed by atoms with E-state index in [-0.39, 0.29) is 37.5 Å². The molecule has 0 N–H and O–H groups in total. The standard InChI is InChI=1S/C55H96O6/c1-4-7-10-13-16-19-22-25-27-30-33-36-39-42-45-48-54(57)60-51-52(50-59-53(56)47-44-41-38-35-32-29-24-21-18-15-12-9-6-3)61-55(58)49-46-43-40-37-34-31-28-26-23-20-17-14-11-8-5-2/h16,19-20,22-23,25,29,32,38,41,52H,4-15,17-18,21,24,26-28,30-31,33-37,39-40,42-51H2,1-3H3/b19-16-,23-20-,25-22-,32-29-,41-38-. The lowest BCUT2D eigenvalue weighted by atomic mass is 10.1. The number of carbonyl (C=O) groups excluding carboxylic acids is 3. The van der Waals surface area contributed by atoms with Crippen molar-refractivity contribution < 1.29 is 28.6 Å². The number of carbonyl (C=O) groups is 3. The van der Waals surface area contributed by atoms with Crippen LogP contribution in [-0.2, 0) is 28.6 Å². The number of hydrogen-bond donors (Lipinski definition) is 0. The molecule has 1 unspecified atom stereocenters. The number of esters is 3. The maximum absolute atomic E-state index is 12.8. The van der Waals surface area contributed by atoms with Crippen LogP contribution in [-0.4, -0.2) is 37.2 Å². The summed E-state index contributed by atoms with van der Waals surface area (Å²) in [5, 5.41) is 0. The van der Waals surface area contributed by atoms with Crippen molar-refractivity contribution in [3.8, 4) is 0 Å². The van der Waals surface area contributed by atoms with Gasteiger partial charge in [-0.25, -0.2) is 0 Å². The van der Waals surface area contributed by atoms with Gasteiger partial charge in [-0.2, -0.15) is 0 Å². The number of hydrogen-bond acceptors (Lipinski definition) is 6. The molecule has 0 aromatic rings. The molecule has 0 saturated carbocycles. The Bertz CT molecular complexity index is 1120. The Balaban J connectivity index is 4.46. The Morgan fingerprint density at radius 3 is 1.16 bits per heavy atom. The molecule has 0 saturated heterocycles. The van der Waals surface area contributed by atoms with Gasteiger partial charge < -0.3 is 14.2 Å². The lowest BCUT2D eigenvalue weighted by Crippen LogP contribution is -2.30. The fourth-order valence-corrected chi connectivity index (χ4v) is 7.07. The van der Waals surface area contributed by atoms with Gasteiger partial charge in [-0.15, -0.1) is 0 Å². The fourth-order valence-electron chi connectivity index (χ4n) is 7.07. The predicted octanol–water partition coefficient (Wildman–Crippen LogP) is 16.9. The van der Waals surface area contributed by atoms with Crippen molar-refractivity contribution in [3.63, 3.8) is 0 Å². The van der Waals surface area contributed by atoms with Crippen LogP contribution < -0.4 is 0 Å². The smallest absolute Gasteiger partial charge is 0.306 e. The van der Waals surface area contributed by atoms with E-state index in [0.29, 0.717) is 19.3 Å². The molecule has 0 aliphatic carbocycles. The van der Waals surface area contributed by atoms with Gasteiger partial charge in [0.05, 0.1) is 0 Å². The summed E-state index contributed by atoms with van der Waals surface area (Å²) in [4.78, 5) is 37.9. The van der Waals surface area contributed by atoms with E-state index in [9.17, 15) is 14.4 Å². The molecule has 0 amide bonds. The van der Waals surface area contributed by atoms with Gasteiger partial charge in [-0.05, 0) is 89.9 Å². The summed E-state index contributed by atoms with van der Waals surface area (Å²) in [6, 6.07) is 0. The van der Waals surface area contributed by atoms with Gasteiger partial charge >= 0.3 is 17.9 Å². The highest BCUT2D eigenvalue weighted by Gasteiger charge is 2.19. The molecule has 0 fully saturated rings. The van der Waals surface area contributed by atoms with Crippen molar-refractivity contribution in [3.05, 3.63) is 60.8 Å². The van der Waals surface area contributed by atoms with Crippen LogP contribution in [0.4, 0.5) is 0 Å². The Morgan fingerprint density at radius 1 is 0.344 bits per heavy atom. The van der Waals surface area contributed by atoms with E-state index in [2.05, 4.69) is 75.5 Å². The molecule has 0 spiro atoms. The average molecular weight is 853 g/mol. The molecule has 0 bridgehead atoms. The monoisotopic (exact) mass is 853 g/mol. The topological polar surface area (TPSA) is 78.9 Å². The van der Waals surface area contributed by atoms with Gasteiger partial charge in [0.2, 0.25) is 0 Å². The van der Waals surface area contributed by atoms with E-state index in [1.807, 2.05) is 6.08 Å². The van der Waals surface area contributed by atoms with Crippen LogP contribution in [0.3, 0.4) is 0 Å². The highest BCUT2D eigenvalue weighted by atomic mass is 16.6. The zero-order chi connectivity index (χ0) is 44.4. The molecule has 0 heterocycles. The van der Waals surface area contributed by atoms with Gasteiger partial charge in [0.1, 0.15) is 13.2 Å². The lowest BCUT2D eigenvalue weighted by molar-refractivity contribution is -0.166. The SMILES string of the molecule is CCCCC/C=C\C=C/CCCCCCCCC(=O)OCC(COC(=O)CC/C=C\C/C=C\CCCCCCCC)OC(=O)CCCCCCCCC/C=C\CCCCCC. The maximum atomic E-state index is 12.8. The van der Waals surface area contributed by atoms with Crippen LogP contribution >= 0.6 is 0 Å². The summed E-state index contributed by atoms with van der Waals surface area (Å²) in [6.07, 6.45) is 60.7. The second kappa shape index (κ2) is 49.8. The Labute approximate surface area is 377 Å². The van der Waals surface area contributed by atoms with Gasteiger partial charge in [-0.1, -0.05) is 204 Å². The third-order valence-corrected chi connectivity index (χ3v) is 11.0. The van der Waals surface area contributed by atoms with Crippen LogP contribution in [0.25, 0.3) is 0 Å². The quantitative estimate of drug-likeness (QED) is 0.0200. The van der Waals surface area contributed by atoms with Crippen LogP contribution in [0, 0.1) is 0 Å². The largest absolute Gasteiger partial charge is 0.462 e. The molecule has 1 atom stereocenters. The molecule has 352 valence electrons. The molecule has 61 heavy (non-hydrogen) atoms. The first-order chi connectivity index (χ1) is 30.0. The lowest BCUT2D eigenvalue weighted by Gasteiger charge is -2.18. The molecular weight excluding hydrogens is 757 g/mol. The van der Waals surface area contributed by atoms with Gasteiger partial charge in [0, 0.05) is 19.3 Å². The summed E-state index contributed by atoms with van der Waals surface area (Å²) in [7, 11) is 0. The highest BCUT2D eigenvalue weighted by molar-refractivity contribution is 5.71. The second-order valence-electron chi connectivity index (χ2n) is 17.1. The summed E-state index contributed by atoms with van der Waals surface area (Å²) in [5.74, 6) is -0.981. The van der Waals surface area contributed by atoms with Gasteiger partial charge in [0.15, 0.2) is 6.10 Å². The summed E-state index contributed by atoms with van der Waals surface area (Å²) >= 11 is 0. The van der Waals surface area contributed by atoms with Crippen molar-refractivity contribution in [1.29, 1.82) is 0 Å². The first-order valence-corrected chi connectivity index (χ1v) is 25.8. The zero-order valence-corrected chi connectivity index (χ0v) is 40.2. The minimum absolute atomic E-state index is 0.0989. The van der Waals surface area contributed by atoms with Crippen molar-refractivity contribution in [1.82, 2.24) is 0 Å². The average Bonchev–Trinajstić information content (AvgIpc) is 3.26. The Hall–Kier alpha value is -2.89. The number of unbranched alkanes of at least 4 members (excludes halogenated alkanes) is 26. The number of allylic oxidation sites excluding steroid dienone is 10. The first-order valence-electron chi connectivity index (χ1n) is 25.8. The van der Waals surface area contributed by atoms with Gasteiger partial charge in [-0.3, -0.25) is 14.4 Å². The maximum Gasteiger partial charge on any atom is 0.306 e. The molecule has 0 radical (unpaired) electrons. The number of rotatable bonds is 46. The molecule has 0 aliphatic heterocycles. The summed E-state index contributed by atoms with van der Waals surface area (Å²) < 4.78 is 16.7. The molecule has 0 aromatic carbocycles. The predicted molar refractivity (Wildman–Crippen MR) is 261 cm³/mol. The van der Waals surface area contributed by atoms with Gasteiger partial charge in [0.25, 0.3) is 0 Å². The Morgan fingerprint density at radius 2 is 0.672 bits per heavy atom. The fraction of sp³-hybridized carbons (Fsp3) is 0.764. The highest BCUT2D eigenvalue weighted by Crippen LogP contribution is 2.14. The van der Waals surface area contributed by atoms with E-state index in [4.69, 9.17) is 14.2 Å². The minimum Gasteiger partial charge on any atom is -0.462 e. The van der Waals surface area contributed by atoms with Crippen molar-refractivity contribution in [2.45, 2.75) is 258 Å². The van der Waals surface area contributed by atoms with Crippen LogP contribution in [0.2, 0.25) is 0 Å². The Kier molecular flexibility index (Phi) is 47.4. The summed E-state index contributed by atoms with van der Waals surface area (Å²) in [5.41, 5.74) is 0. The van der Waals surface area contributed by atoms with Crippen molar-refractivity contribution in [2.24, 2.45) is 0 Å². The molecule has 6 heteroatoms. The molecule has 0 aliphatic rings. The number of ether oxygens (including phenoxy) is 3. The van der Waals surface area contributed by atoms with Crippen molar-refractivity contribution in [2.75, 3.05) is 13.2 Å². The third kappa shape index (κ3) is 48.0. The molecule has 0 aromatic heterocycles. The zero-order valence-electron chi connectivity index (χ0n) is 40.2. The van der Waals surface area contributed by atoms with Crippen LogP contribution in [0.5, 0.6) is 0 Å². The third-order valence-electron chi connectivity index (χ3n) is 11.0. The normalized spacial score (nSPS) is 12.5. The summed E-state index contributed by atoms with van der Waals surface area (Å²) in [6.45, 7) is 6.52. The molecule has 0 rings (SSSR count). The molecular formula is C55H96O6. The van der Waals surface area contributed by atoms with E-state index in [0.717, 1.165) is 57.8 Å². The minimum atomic E-state index is -0.802. The van der Waals surface area contributed by atoms with Crippen LogP contribution in [0.15, 0.2) is 60.8 Å². The molecule has 6 nitrogen and oxygen atoms in total. The van der Waals surface area contributed by atoms with E-state index in [1.54, 1.807) is 0 Å². The van der Waals surface area contributed by atoms with E-state index >= 15 is 0 Å². The second-order valence-corrected chi connectivity index (χ2v) is 17.1. The van der Waals surface area contributed by atoms with E-state index < -0.39 is 6.10 Å².